The van der Waals surface area contributed by atoms with E-state index in [-0.39, 0.29) is 17.6 Å². The molecular formula is C23H30N4O3S. The highest BCUT2D eigenvalue weighted by molar-refractivity contribution is 7.93. The highest BCUT2D eigenvalue weighted by Gasteiger charge is 2.33. The van der Waals surface area contributed by atoms with Crippen LogP contribution >= 0.6 is 0 Å². The van der Waals surface area contributed by atoms with Crippen LogP contribution in [-0.4, -0.2) is 62.7 Å². The van der Waals surface area contributed by atoms with E-state index in [4.69, 9.17) is 4.98 Å². The summed E-state index contributed by atoms with van der Waals surface area (Å²) in [5.41, 5.74) is 4.59. The Morgan fingerprint density at radius 2 is 1.65 bits per heavy atom. The summed E-state index contributed by atoms with van der Waals surface area (Å²) < 4.78 is 26.0. The number of piperazine rings is 1. The third kappa shape index (κ3) is 4.26. The van der Waals surface area contributed by atoms with Crippen LogP contribution in [-0.2, 0) is 10.0 Å². The van der Waals surface area contributed by atoms with Crippen molar-refractivity contribution < 1.29 is 13.2 Å². The Morgan fingerprint density at radius 1 is 1.00 bits per heavy atom. The number of anilines is 2. The van der Waals surface area contributed by atoms with Crippen LogP contribution in [0.25, 0.3) is 0 Å². The number of pyridine rings is 1. The molecule has 2 aromatic rings. The summed E-state index contributed by atoms with van der Waals surface area (Å²) in [7, 11) is -3.26. The lowest BCUT2D eigenvalue weighted by Gasteiger charge is -2.36. The van der Waals surface area contributed by atoms with E-state index in [1.807, 2.05) is 18.7 Å². The van der Waals surface area contributed by atoms with Gasteiger partial charge in [-0.25, -0.2) is 13.4 Å². The van der Waals surface area contributed by atoms with Crippen LogP contribution in [0.4, 0.5) is 11.5 Å². The van der Waals surface area contributed by atoms with Gasteiger partial charge in [-0.3, -0.25) is 9.10 Å². The molecule has 1 aromatic heterocycles. The lowest BCUT2D eigenvalue weighted by atomic mass is 10.1. The van der Waals surface area contributed by atoms with Gasteiger partial charge in [0.2, 0.25) is 10.0 Å². The van der Waals surface area contributed by atoms with Gasteiger partial charge in [0.05, 0.1) is 11.4 Å². The average molecular weight is 443 g/mol. The number of carbonyl (C=O) groups is 1. The largest absolute Gasteiger partial charge is 0.353 e. The molecule has 0 aliphatic carbocycles. The number of carbonyl (C=O) groups excluding carboxylic acids is 1. The number of aromatic nitrogens is 1. The number of nitrogens with zero attached hydrogens (tertiary/aromatic N) is 4. The second kappa shape index (κ2) is 8.15. The first-order chi connectivity index (χ1) is 14.7. The van der Waals surface area contributed by atoms with Crippen molar-refractivity contribution in [1.29, 1.82) is 0 Å². The van der Waals surface area contributed by atoms with Crippen molar-refractivity contribution in [1.82, 2.24) is 9.88 Å². The summed E-state index contributed by atoms with van der Waals surface area (Å²) >= 11 is 0. The molecule has 8 heteroatoms. The van der Waals surface area contributed by atoms with Gasteiger partial charge in [-0.05, 0) is 62.1 Å². The summed E-state index contributed by atoms with van der Waals surface area (Å²) in [6.07, 6.45) is 0. The minimum absolute atomic E-state index is 0.0198. The van der Waals surface area contributed by atoms with Crippen molar-refractivity contribution in [2.24, 2.45) is 5.92 Å². The lowest BCUT2D eigenvalue weighted by Crippen LogP contribution is -2.49. The normalized spacial score (nSPS) is 20.9. The number of benzene rings is 1. The average Bonchev–Trinajstić information content (AvgIpc) is 3.02. The van der Waals surface area contributed by atoms with Crippen molar-refractivity contribution in [2.75, 3.05) is 47.7 Å². The number of sulfonamides is 1. The minimum Gasteiger partial charge on any atom is -0.353 e. The van der Waals surface area contributed by atoms with Gasteiger partial charge in [-0.15, -0.1) is 0 Å². The van der Waals surface area contributed by atoms with E-state index in [1.165, 1.54) is 9.87 Å². The third-order valence-electron chi connectivity index (χ3n) is 6.21. The van der Waals surface area contributed by atoms with E-state index >= 15 is 0 Å². The summed E-state index contributed by atoms with van der Waals surface area (Å²) in [5.74, 6) is 1.26. The van der Waals surface area contributed by atoms with E-state index in [9.17, 15) is 13.2 Å². The number of hydrogen-bond donors (Lipinski definition) is 0. The molecule has 0 radical (unpaired) electrons. The maximum atomic E-state index is 13.0. The first-order valence-corrected chi connectivity index (χ1v) is 12.4. The van der Waals surface area contributed by atoms with Crippen LogP contribution in [0.3, 0.4) is 0 Å². The molecule has 166 valence electrons. The fourth-order valence-electron chi connectivity index (χ4n) is 4.39. The molecule has 2 aliphatic rings. The van der Waals surface area contributed by atoms with Crippen molar-refractivity contribution in [2.45, 2.75) is 27.7 Å². The van der Waals surface area contributed by atoms with E-state index in [0.717, 1.165) is 30.2 Å². The van der Waals surface area contributed by atoms with Crippen molar-refractivity contribution >= 4 is 27.4 Å². The molecule has 1 amide bonds. The molecule has 0 bridgehead atoms. The minimum atomic E-state index is -3.26. The Labute approximate surface area is 184 Å². The van der Waals surface area contributed by atoms with Gasteiger partial charge in [-0.1, -0.05) is 13.0 Å². The van der Waals surface area contributed by atoms with Crippen LogP contribution in [0, 0.1) is 26.7 Å². The Morgan fingerprint density at radius 3 is 2.23 bits per heavy atom. The zero-order chi connectivity index (χ0) is 22.3. The Hall–Kier alpha value is -2.61. The predicted octanol–water partition coefficient (Wildman–Crippen LogP) is 2.76. The Kier molecular flexibility index (Phi) is 5.68. The van der Waals surface area contributed by atoms with Crippen LogP contribution in [0.1, 0.15) is 34.1 Å². The topological polar surface area (TPSA) is 73.8 Å². The van der Waals surface area contributed by atoms with Gasteiger partial charge in [0.1, 0.15) is 5.82 Å². The van der Waals surface area contributed by atoms with Gasteiger partial charge in [-0.2, -0.15) is 0 Å². The molecule has 0 N–H and O–H groups in total. The number of rotatable bonds is 3. The standard InChI is InChI=1S/C23H30N4O3S/c1-16-14-27(31(29,30)15-16)21-7-5-20(6-8-21)23(28)26-11-9-25(10-12-26)22-18(3)13-17(2)19(4)24-22/h5-8,13,16H,9-12,14-15H2,1-4H3/t16-/m0/s1. The molecule has 1 aromatic carbocycles. The quantitative estimate of drug-likeness (QED) is 0.731. The van der Waals surface area contributed by atoms with Gasteiger partial charge in [0.15, 0.2) is 0 Å². The monoisotopic (exact) mass is 442 g/mol. The van der Waals surface area contributed by atoms with Crippen LogP contribution in [0.15, 0.2) is 30.3 Å². The lowest BCUT2D eigenvalue weighted by molar-refractivity contribution is 0.0746. The summed E-state index contributed by atoms with van der Waals surface area (Å²) in [5, 5.41) is 0. The van der Waals surface area contributed by atoms with Gasteiger partial charge in [0.25, 0.3) is 5.91 Å². The van der Waals surface area contributed by atoms with E-state index in [2.05, 4.69) is 24.8 Å². The predicted molar refractivity (Wildman–Crippen MR) is 123 cm³/mol. The second-order valence-corrected chi connectivity index (χ2v) is 10.7. The number of hydrogen-bond acceptors (Lipinski definition) is 5. The molecule has 1 atom stereocenters. The van der Waals surface area contributed by atoms with Crippen LogP contribution < -0.4 is 9.21 Å². The maximum absolute atomic E-state index is 13.0. The molecule has 2 fully saturated rings. The second-order valence-electron chi connectivity index (χ2n) is 8.77. The van der Waals surface area contributed by atoms with Gasteiger partial charge >= 0.3 is 0 Å². The van der Waals surface area contributed by atoms with E-state index in [0.29, 0.717) is 30.9 Å². The summed E-state index contributed by atoms with van der Waals surface area (Å²) in [6.45, 7) is 11.3. The van der Waals surface area contributed by atoms with Gasteiger partial charge < -0.3 is 9.80 Å². The Balaban J connectivity index is 1.42. The first-order valence-electron chi connectivity index (χ1n) is 10.8. The fraction of sp³-hybridized carbons (Fsp3) is 0.478. The number of amides is 1. The SMILES string of the molecule is Cc1cc(C)c(N2CCN(C(=O)c3ccc(N4C[C@H](C)CS4(=O)=O)cc3)CC2)nc1C. The molecule has 7 nitrogen and oxygen atoms in total. The molecule has 2 aliphatic heterocycles. The molecule has 4 rings (SSSR count). The van der Waals surface area contributed by atoms with Crippen LogP contribution in [0.2, 0.25) is 0 Å². The molecule has 0 saturated carbocycles. The highest BCUT2D eigenvalue weighted by atomic mass is 32.2. The smallest absolute Gasteiger partial charge is 0.253 e. The van der Waals surface area contributed by atoms with E-state index < -0.39 is 10.0 Å². The van der Waals surface area contributed by atoms with Crippen molar-refractivity contribution in [3.05, 3.63) is 52.7 Å². The third-order valence-corrected chi connectivity index (χ3v) is 8.23. The van der Waals surface area contributed by atoms with E-state index in [1.54, 1.807) is 24.3 Å². The molecule has 0 spiro atoms. The molecule has 2 saturated heterocycles. The maximum Gasteiger partial charge on any atom is 0.253 e. The zero-order valence-electron chi connectivity index (χ0n) is 18.6. The van der Waals surface area contributed by atoms with Crippen molar-refractivity contribution in [3.8, 4) is 0 Å². The van der Waals surface area contributed by atoms with Crippen LogP contribution in [0.5, 0.6) is 0 Å². The molecule has 0 unspecified atom stereocenters. The number of aryl methyl sites for hydroxylation is 3. The zero-order valence-corrected chi connectivity index (χ0v) is 19.4. The van der Waals surface area contributed by atoms with Crippen molar-refractivity contribution in [3.63, 3.8) is 0 Å². The highest BCUT2D eigenvalue weighted by Crippen LogP contribution is 2.27. The molecule has 3 heterocycles. The van der Waals surface area contributed by atoms with Gasteiger partial charge in [0, 0.05) is 44.0 Å². The molecular weight excluding hydrogens is 412 g/mol. The molecule has 31 heavy (non-hydrogen) atoms. The fourth-order valence-corrected chi connectivity index (χ4v) is 6.32. The first kappa shape index (κ1) is 21.6. The Bertz CT molecular complexity index is 1090. The summed E-state index contributed by atoms with van der Waals surface area (Å²) in [6, 6.07) is 9.11. The summed E-state index contributed by atoms with van der Waals surface area (Å²) in [4.78, 5) is 21.8.